The molecule has 0 spiro atoms. The average molecular weight is 284 g/mol. The number of hydrogen-bond acceptors (Lipinski definition) is 3. The van der Waals surface area contributed by atoms with Crippen LogP contribution in [-0.4, -0.2) is 10.2 Å². The fraction of sp³-hybridized carbons (Fsp3) is 0.125. The largest absolute Gasteiger partial charge is 0.353 e. The van der Waals surface area contributed by atoms with Crippen molar-refractivity contribution in [1.82, 2.24) is 10.2 Å². The second-order valence-corrected chi connectivity index (χ2v) is 5.17. The van der Waals surface area contributed by atoms with Crippen molar-refractivity contribution in [3.05, 3.63) is 58.7 Å². The predicted molar refractivity (Wildman–Crippen MR) is 83.7 cm³/mol. The van der Waals surface area contributed by atoms with Crippen LogP contribution in [-0.2, 0) is 0 Å². The number of benzene rings is 2. The van der Waals surface area contributed by atoms with Crippen molar-refractivity contribution in [1.29, 1.82) is 0 Å². The molecule has 0 fully saturated rings. The van der Waals surface area contributed by atoms with Crippen molar-refractivity contribution in [3.63, 3.8) is 0 Å². The van der Waals surface area contributed by atoms with Crippen molar-refractivity contribution in [3.8, 4) is 0 Å². The molecule has 0 unspecified atom stereocenters. The summed E-state index contributed by atoms with van der Waals surface area (Å²) >= 11 is 6.17. The highest BCUT2D eigenvalue weighted by atomic mass is 35.5. The molecule has 1 heterocycles. The minimum absolute atomic E-state index is 0.749. The third-order valence-corrected chi connectivity index (χ3v) is 3.69. The summed E-state index contributed by atoms with van der Waals surface area (Å²) in [6.45, 7) is 3.93. The van der Waals surface area contributed by atoms with Gasteiger partial charge in [0, 0.05) is 16.1 Å². The van der Waals surface area contributed by atoms with Gasteiger partial charge in [0.15, 0.2) is 0 Å². The van der Waals surface area contributed by atoms with E-state index in [1.54, 1.807) is 0 Å². The number of nitrogens with zero attached hydrogens (tertiary/aromatic N) is 2. The fourth-order valence-electron chi connectivity index (χ4n) is 2.12. The Morgan fingerprint density at radius 2 is 1.80 bits per heavy atom. The van der Waals surface area contributed by atoms with Crippen LogP contribution >= 0.6 is 11.6 Å². The Balaban J connectivity index is 2.10. The van der Waals surface area contributed by atoms with Gasteiger partial charge in [-0.05, 0) is 37.6 Å². The first-order chi connectivity index (χ1) is 9.65. The first kappa shape index (κ1) is 12.9. The summed E-state index contributed by atoms with van der Waals surface area (Å²) in [6.07, 6.45) is 0. The number of halogens is 1. The summed E-state index contributed by atoms with van der Waals surface area (Å²) in [6, 6.07) is 13.9. The maximum Gasteiger partial charge on any atom is 0.0950 e. The van der Waals surface area contributed by atoms with Gasteiger partial charge in [-0.3, -0.25) is 0 Å². The molecule has 2 aromatic carbocycles. The third-order valence-electron chi connectivity index (χ3n) is 3.28. The van der Waals surface area contributed by atoms with Gasteiger partial charge in [-0.15, -0.1) is 0 Å². The molecule has 100 valence electrons. The number of rotatable bonds is 2. The molecule has 3 rings (SSSR count). The van der Waals surface area contributed by atoms with Crippen molar-refractivity contribution < 1.29 is 0 Å². The summed E-state index contributed by atoms with van der Waals surface area (Å²) in [5.74, 6) is 0. The van der Waals surface area contributed by atoms with Crippen LogP contribution in [0.3, 0.4) is 0 Å². The molecule has 1 aromatic heterocycles. The summed E-state index contributed by atoms with van der Waals surface area (Å²) in [5.41, 5.74) is 4.71. The monoisotopic (exact) mass is 283 g/mol. The average Bonchev–Trinajstić information content (AvgIpc) is 2.46. The van der Waals surface area contributed by atoms with Crippen LogP contribution < -0.4 is 5.32 Å². The first-order valence-corrected chi connectivity index (χ1v) is 6.78. The standard InChI is InChI=1S/C16H14ClN3/c1-10-7-8-12(9-14(10)17)18-16-11(2)19-20-15-6-4-3-5-13(15)16/h3-9H,1-2H3,(H,18,20). The molecule has 0 aliphatic carbocycles. The number of hydrogen-bond donors (Lipinski definition) is 1. The smallest absolute Gasteiger partial charge is 0.0950 e. The highest BCUT2D eigenvalue weighted by molar-refractivity contribution is 6.31. The van der Waals surface area contributed by atoms with Gasteiger partial charge in [0.05, 0.1) is 16.9 Å². The Kier molecular flexibility index (Phi) is 3.28. The third kappa shape index (κ3) is 2.32. The zero-order valence-electron chi connectivity index (χ0n) is 11.3. The lowest BCUT2D eigenvalue weighted by Gasteiger charge is -2.12. The lowest BCUT2D eigenvalue weighted by atomic mass is 10.1. The molecule has 0 radical (unpaired) electrons. The predicted octanol–water partition coefficient (Wildman–Crippen LogP) is 4.64. The minimum Gasteiger partial charge on any atom is -0.353 e. The Bertz CT molecular complexity index is 784. The van der Waals surface area contributed by atoms with Crippen LogP contribution in [0.5, 0.6) is 0 Å². The maximum atomic E-state index is 6.17. The Morgan fingerprint density at radius 1 is 1.00 bits per heavy atom. The molecule has 20 heavy (non-hydrogen) atoms. The normalized spacial score (nSPS) is 10.8. The second kappa shape index (κ2) is 5.10. The summed E-state index contributed by atoms with van der Waals surface area (Å²) in [4.78, 5) is 0. The van der Waals surface area contributed by atoms with E-state index in [4.69, 9.17) is 11.6 Å². The molecule has 1 N–H and O–H groups in total. The van der Waals surface area contributed by atoms with Crippen molar-refractivity contribution >= 4 is 33.9 Å². The molecule has 0 saturated heterocycles. The second-order valence-electron chi connectivity index (χ2n) is 4.77. The summed E-state index contributed by atoms with van der Waals surface area (Å²) in [7, 11) is 0. The SMILES string of the molecule is Cc1ccc(Nc2c(C)nnc3ccccc23)cc1Cl. The topological polar surface area (TPSA) is 37.8 Å². The van der Waals surface area contributed by atoms with Crippen molar-refractivity contribution in [2.75, 3.05) is 5.32 Å². The fourth-order valence-corrected chi connectivity index (χ4v) is 2.30. The van der Waals surface area contributed by atoms with E-state index in [-0.39, 0.29) is 0 Å². The van der Waals surface area contributed by atoms with E-state index < -0.39 is 0 Å². The molecular weight excluding hydrogens is 270 g/mol. The van der Waals surface area contributed by atoms with Crippen LogP contribution in [0, 0.1) is 13.8 Å². The summed E-state index contributed by atoms with van der Waals surface area (Å²) in [5, 5.41) is 13.6. The van der Waals surface area contributed by atoms with E-state index in [2.05, 4.69) is 15.5 Å². The van der Waals surface area contributed by atoms with Gasteiger partial charge in [-0.2, -0.15) is 10.2 Å². The van der Waals surface area contributed by atoms with Crippen molar-refractivity contribution in [2.45, 2.75) is 13.8 Å². The van der Waals surface area contributed by atoms with E-state index in [1.807, 2.05) is 56.3 Å². The van der Waals surface area contributed by atoms with Crippen LogP contribution in [0.4, 0.5) is 11.4 Å². The van der Waals surface area contributed by atoms with Crippen LogP contribution in [0.15, 0.2) is 42.5 Å². The zero-order valence-corrected chi connectivity index (χ0v) is 12.1. The first-order valence-electron chi connectivity index (χ1n) is 6.40. The number of aromatic nitrogens is 2. The Morgan fingerprint density at radius 3 is 2.60 bits per heavy atom. The van der Waals surface area contributed by atoms with E-state index in [0.29, 0.717) is 0 Å². The number of fused-ring (bicyclic) bond motifs is 1. The number of anilines is 2. The van der Waals surface area contributed by atoms with Gasteiger partial charge in [0.1, 0.15) is 0 Å². The van der Waals surface area contributed by atoms with E-state index in [1.165, 1.54) is 0 Å². The molecule has 0 aliphatic heterocycles. The lowest BCUT2D eigenvalue weighted by molar-refractivity contribution is 1.02. The minimum atomic E-state index is 0.749. The zero-order chi connectivity index (χ0) is 14.1. The van der Waals surface area contributed by atoms with E-state index in [9.17, 15) is 0 Å². The Hall–Kier alpha value is -2.13. The number of nitrogens with one attached hydrogen (secondary N) is 1. The van der Waals surface area contributed by atoms with E-state index in [0.717, 1.165) is 38.6 Å². The van der Waals surface area contributed by atoms with Crippen LogP contribution in [0.2, 0.25) is 5.02 Å². The van der Waals surface area contributed by atoms with Gasteiger partial charge in [0.25, 0.3) is 0 Å². The van der Waals surface area contributed by atoms with E-state index >= 15 is 0 Å². The highest BCUT2D eigenvalue weighted by Crippen LogP contribution is 2.29. The molecule has 0 atom stereocenters. The molecule has 3 nitrogen and oxygen atoms in total. The van der Waals surface area contributed by atoms with Crippen LogP contribution in [0.25, 0.3) is 10.9 Å². The molecule has 0 saturated carbocycles. The molecule has 4 heteroatoms. The van der Waals surface area contributed by atoms with Crippen LogP contribution in [0.1, 0.15) is 11.3 Å². The Labute approximate surface area is 122 Å². The quantitative estimate of drug-likeness (QED) is 0.744. The molecular formula is C16H14ClN3. The van der Waals surface area contributed by atoms with Gasteiger partial charge in [-0.25, -0.2) is 0 Å². The molecule has 0 aliphatic rings. The van der Waals surface area contributed by atoms with Gasteiger partial charge in [0.2, 0.25) is 0 Å². The maximum absolute atomic E-state index is 6.17. The van der Waals surface area contributed by atoms with Crippen molar-refractivity contribution in [2.24, 2.45) is 0 Å². The molecule has 0 amide bonds. The highest BCUT2D eigenvalue weighted by Gasteiger charge is 2.08. The number of aryl methyl sites for hydroxylation is 2. The molecule has 0 bridgehead atoms. The lowest BCUT2D eigenvalue weighted by Crippen LogP contribution is -1.99. The summed E-state index contributed by atoms with van der Waals surface area (Å²) < 4.78 is 0. The van der Waals surface area contributed by atoms with Gasteiger partial charge in [-0.1, -0.05) is 35.9 Å². The van der Waals surface area contributed by atoms with Gasteiger partial charge >= 0.3 is 0 Å². The molecule has 3 aromatic rings. The van der Waals surface area contributed by atoms with Gasteiger partial charge < -0.3 is 5.32 Å².